The number of hydrogen-bond donors (Lipinski definition) is 0. The van der Waals surface area contributed by atoms with Crippen molar-refractivity contribution in [1.29, 1.82) is 0 Å². The summed E-state index contributed by atoms with van der Waals surface area (Å²) in [7, 11) is 2.12. The van der Waals surface area contributed by atoms with E-state index in [1.165, 1.54) is 17.3 Å². The molecule has 2 aromatic rings. The van der Waals surface area contributed by atoms with Crippen LogP contribution in [0.1, 0.15) is 26.0 Å². The van der Waals surface area contributed by atoms with Gasteiger partial charge in [-0.1, -0.05) is 12.1 Å². The second kappa shape index (κ2) is 8.60. The Labute approximate surface area is 136 Å². The maximum Gasteiger partial charge on any atom is 0.253 e. The minimum Gasteiger partial charge on any atom is -0.473 e. The molecule has 0 radical (unpaired) electrons. The number of ether oxygens (including phenoxy) is 1. The highest BCUT2D eigenvalue weighted by Crippen LogP contribution is 2.27. The summed E-state index contributed by atoms with van der Waals surface area (Å²) in [4.78, 5) is 6.07. The normalized spacial score (nSPS) is 15.0. The molecule has 0 amide bonds. The average molecular weight is 318 g/mol. The van der Waals surface area contributed by atoms with Crippen LogP contribution >= 0.6 is 11.7 Å². The van der Waals surface area contributed by atoms with E-state index in [1.807, 2.05) is 32.0 Å². The van der Waals surface area contributed by atoms with Gasteiger partial charge in [0.15, 0.2) is 0 Å². The van der Waals surface area contributed by atoms with E-state index in [9.17, 15) is 0 Å². The van der Waals surface area contributed by atoms with Gasteiger partial charge in [0.1, 0.15) is 5.69 Å². The topological polar surface area (TPSA) is 51.1 Å². The molecule has 22 heavy (non-hydrogen) atoms. The highest BCUT2D eigenvalue weighted by Gasteiger charge is 2.18. The summed E-state index contributed by atoms with van der Waals surface area (Å²) in [6, 6.07) is 5.72. The quantitative estimate of drug-likeness (QED) is 0.870. The van der Waals surface area contributed by atoms with E-state index in [1.54, 1.807) is 12.4 Å². The van der Waals surface area contributed by atoms with Crippen LogP contribution in [-0.2, 0) is 0 Å². The monoisotopic (exact) mass is 318 g/mol. The molecule has 0 saturated heterocycles. The smallest absolute Gasteiger partial charge is 0.253 e. The highest BCUT2D eigenvalue weighted by molar-refractivity contribution is 6.99. The first-order valence-corrected chi connectivity index (χ1v) is 8.12. The van der Waals surface area contributed by atoms with Gasteiger partial charge < -0.3 is 9.64 Å². The van der Waals surface area contributed by atoms with Gasteiger partial charge in [0.25, 0.3) is 5.88 Å². The summed E-state index contributed by atoms with van der Waals surface area (Å²) in [6.45, 7) is 6.05. The van der Waals surface area contributed by atoms with E-state index >= 15 is 0 Å². The van der Waals surface area contributed by atoms with E-state index in [-0.39, 0.29) is 6.10 Å². The largest absolute Gasteiger partial charge is 0.473 e. The SMILES string of the molecule is CC(C)Oc1nsnc1C1=CCCN(C)C1.c1ccncc1. The maximum absolute atomic E-state index is 5.65. The molecule has 5 nitrogen and oxygen atoms in total. The Kier molecular flexibility index (Phi) is 6.48. The molecule has 0 atom stereocenters. The molecule has 0 aliphatic carbocycles. The van der Waals surface area contributed by atoms with E-state index < -0.39 is 0 Å². The Morgan fingerprint density at radius 2 is 1.95 bits per heavy atom. The highest BCUT2D eigenvalue weighted by atomic mass is 32.1. The Morgan fingerprint density at radius 1 is 1.18 bits per heavy atom. The second-order valence-corrected chi connectivity index (χ2v) is 5.89. The van der Waals surface area contributed by atoms with Crippen LogP contribution in [0.15, 0.2) is 36.7 Å². The predicted octanol–water partition coefficient (Wildman–Crippen LogP) is 3.13. The number of rotatable bonds is 3. The van der Waals surface area contributed by atoms with Crippen LogP contribution in [0.3, 0.4) is 0 Å². The number of likely N-dealkylation sites (N-methyl/N-ethyl adjacent to an activating group) is 1. The van der Waals surface area contributed by atoms with Crippen molar-refractivity contribution in [3.05, 3.63) is 42.4 Å². The minimum atomic E-state index is 0.143. The summed E-state index contributed by atoms with van der Waals surface area (Å²) in [5.41, 5.74) is 2.16. The van der Waals surface area contributed by atoms with Crippen LogP contribution < -0.4 is 4.74 Å². The minimum absolute atomic E-state index is 0.143. The fourth-order valence-electron chi connectivity index (χ4n) is 2.05. The lowest BCUT2D eigenvalue weighted by Crippen LogP contribution is -2.25. The molecule has 0 bridgehead atoms. The van der Waals surface area contributed by atoms with Crippen molar-refractivity contribution in [2.24, 2.45) is 0 Å². The van der Waals surface area contributed by atoms with Gasteiger partial charge in [-0.25, -0.2) is 0 Å². The lowest BCUT2D eigenvalue weighted by atomic mass is 10.1. The Bertz CT molecular complexity index is 556. The zero-order valence-corrected chi connectivity index (χ0v) is 14.1. The van der Waals surface area contributed by atoms with Crippen molar-refractivity contribution in [3.63, 3.8) is 0 Å². The Balaban J connectivity index is 0.000000246. The molecule has 0 fully saturated rings. The van der Waals surface area contributed by atoms with Crippen molar-refractivity contribution in [2.45, 2.75) is 26.4 Å². The number of hydrogen-bond acceptors (Lipinski definition) is 6. The summed E-state index contributed by atoms with van der Waals surface area (Å²) in [6.07, 6.45) is 6.96. The van der Waals surface area contributed by atoms with Crippen LogP contribution in [0, 0.1) is 0 Å². The Morgan fingerprint density at radius 3 is 2.50 bits per heavy atom. The molecule has 3 heterocycles. The van der Waals surface area contributed by atoms with Gasteiger partial charge in [-0.2, -0.15) is 4.37 Å². The number of aromatic nitrogens is 3. The molecule has 118 valence electrons. The van der Waals surface area contributed by atoms with E-state index in [2.05, 4.69) is 31.8 Å². The molecular formula is C16H22N4OS. The molecule has 0 aromatic carbocycles. The third-order valence-electron chi connectivity index (χ3n) is 3.02. The molecule has 2 aromatic heterocycles. The van der Waals surface area contributed by atoms with Gasteiger partial charge in [0.2, 0.25) is 0 Å². The van der Waals surface area contributed by atoms with Gasteiger partial charge in [0, 0.05) is 25.5 Å². The van der Waals surface area contributed by atoms with Crippen LogP contribution in [0.4, 0.5) is 0 Å². The third-order valence-corrected chi connectivity index (χ3v) is 3.53. The van der Waals surface area contributed by atoms with Crippen molar-refractivity contribution < 1.29 is 4.74 Å². The molecule has 1 aliphatic rings. The number of pyridine rings is 1. The zero-order valence-electron chi connectivity index (χ0n) is 13.3. The molecule has 0 N–H and O–H groups in total. The summed E-state index contributed by atoms with van der Waals surface area (Å²) < 4.78 is 14.2. The zero-order chi connectivity index (χ0) is 15.8. The first-order valence-electron chi connectivity index (χ1n) is 7.39. The van der Waals surface area contributed by atoms with Crippen LogP contribution in [0.25, 0.3) is 5.57 Å². The van der Waals surface area contributed by atoms with Gasteiger partial charge in [0.05, 0.1) is 17.8 Å². The molecule has 6 heteroatoms. The fraction of sp³-hybridized carbons (Fsp3) is 0.438. The molecule has 0 unspecified atom stereocenters. The predicted molar refractivity (Wildman–Crippen MR) is 90.0 cm³/mol. The molecule has 3 rings (SSSR count). The average Bonchev–Trinajstić information content (AvgIpc) is 2.97. The summed E-state index contributed by atoms with van der Waals surface area (Å²) >= 11 is 1.22. The van der Waals surface area contributed by atoms with E-state index in [0.29, 0.717) is 5.88 Å². The van der Waals surface area contributed by atoms with Crippen LogP contribution in [0.2, 0.25) is 0 Å². The van der Waals surface area contributed by atoms with Gasteiger partial charge in [-0.15, -0.1) is 4.37 Å². The lowest BCUT2D eigenvalue weighted by molar-refractivity contribution is 0.233. The second-order valence-electron chi connectivity index (χ2n) is 5.36. The fourth-order valence-corrected chi connectivity index (χ4v) is 2.58. The molecule has 0 saturated carbocycles. The van der Waals surface area contributed by atoms with Gasteiger partial charge in [-0.05, 0) is 45.0 Å². The van der Waals surface area contributed by atoms with Crippen LogP contribution in [-0.4, -0.2) is 44.9 Å². The first-order chi connectivity index (χ1) is 10.7. The van der Waals surface area contributed by atoms with Gasteiger partial charge in [-0.3, -0.25) is 4.98 Å². The molecule has 0 spiro atoms. The van der Waals surface area contributed by atoms with Crippen molar-refractivity contribution in [1.82, 2.24) is 18.6 Å². The van der Waals surface area contributed by atoms with Crippen molar-refractivity contribution in [3.8, 4) is 5.88 Å². The molecular weight excluding hydrogens is 296 g/mol. The third kappa shape index (κ3) is 5.20. The standard InChI is InChI=1S/C11H17N3OS.C5H5N/c1-8(2)15-11-10(12-16-13-11)9-5-4-6-14(3)7-9;1-2-4-6-5-3-1/h5,8H,4,6-7H2,1-3H3;1-5H. The van der Waals surface area contributed by atoms with Crippen LogP contribution in [0.5, 0.6) is 5.88 Å². The summed E-state index contributed by atoms with van der Waals surface area (Å²) in [5, 5.41) is 0. The van der Waals surface area contributed by atoms with E-state index in [0.717, 1.165) is 25.2 Å². The van der Waals surface area contributed by atoms with E-state index in [4.69, 9.17) is 4.74 Å². The van der Waals surface area contributed by atoms with Gasteiger partial charge >= 0.3 is 0 Å². The van der Waals surface area contributed by atoms with Crippen molar-refractivity contribution in [2.75, 3.05) is 20.1 Å². The lowest BCUT2D eigenvalue weighted by Gasteiger charge is -2.22. The van der Waals surface area contributed by atoms with Crippen molar-refractivity contribution >= 4 is 17.3 Å². The summed E-state index contributed by atoms with van der Waals surface area (Å²) in [5.74, 6) is 0.682. The Hall–Kier alpha value is -1.79. The maximum atomic E-state index is 5.65. The molecule has 1 aliphatic heterocycles. The first kappa shape index (κ1) is 16.6. The number of nitrogens with zero attached hydrogens (tertiary/aromatic N) is 4.